The molecule has 0 saturated carbocycles. The molecule has 2 aliphatic heterocycles. The van der Waals surface area contributed by atoms with Crippen LogP contribution in [0.25, 0.3) is 0 Å². The zero-order chi connectivity index (χ0) is 28.6. The molecular weight excluding hydrogens is 512 g/mol. The van der Waals surface area contributed by atoms with E-state index in [1.807, 2.05) is 56.3 Å². The van der Waals surface area contributed by atoms with E-state index in [-0.39, 0.29) is 24.3 Å². The molecule has 2 aliphatic rings. The Balaban J connectivity index is 1.63. The number of amides is 2. The molecule has 0 aromatic heterocycles. The monoisotopic (exact) mass is 552 g/mol. The normalized spacial score (nSPS) is 17.5. The minimum atomic E-state index is -0.426. The number of hydrogen-bond donors (Lipinski definition) is 0. The highest BCUT2D eigenvalue weighted by molar-refractivity contribution is 6.03. The topological polar surface area (TPSA) is 93.1 Å². The van der Waals surface area contributed by atoms with E-state index in [4.69, 9.17) is 24.0 Å². The number of rotatable bonds is 11. The maximum Gasteiger partial charge on any atom is 0.262 e. The van der Waals surface area contributed by atoms with E-state index < -0.39 is 6.04 Å². The van der Waals surface area contributed by atoms with Crippen LogP contribution in [0.5, 0.6) is 17.2 Å². The lowest BCUT2D eigenvalue weighted by Gasteiger charge is -2.32. The second-order valence-electron chi connectivity index (χ2n) is 10.2. The van der Waals surface area contributed by atoms with Crippen LogP contribution in [0.1, 0.15) is 37.4 Å². The van der Waals surface area contributed by atoms with Crippen molar-refractivity contribution in [3.8, 4) is 17.2 Å². The van der Waals surface area contributed by atoms with Gasteiger partial charge in [0.15, 0.2) is 0 Å². The second-order valence-corrected chi connectivity index (χ2v) is 10.2. The van der Waals surface area contributed by atoms with Gasteiger partial charge < -0.3 is 23.8 Å². The molecule has 2 aromatic carbocycles. The summed E-state index contributed by atoms with van der Waals surface area (Å²) in [6.45, 7) is 7.77. The first kappa shape index (κ1) is 29.4. The highest BCUT2D eigenvalue weighted by atomic mass is 16.5. The Morgan fingerprint density at radius 3 is 2.30 bits per heavy atom. The van der Waals surface area contributed by atoms with Crippen molar-refractivity contribution < 1.29 is 28.5 Å². The quantitative estimate of drug-likeness (QED) is 0.423. The van der Waals surface area contributed by atoms with Crippen LogP contribution in [0.4, 0.5) is 0 Å². The number of hydrogen-bond acceptors (Lipinski definition) is 8. The van der Waals surface area contributed by atoms with E-state index >= 15 is 0 Å². The Morgan fingerprint density at radius 2 is 1.68 bits per heavy atom. The van der Waals surface area contributed by atoms with Gasteiger partial charge in [-0.05, 0) is 48.0 Å². The SMILES string of the molecule is COc1ccc(C2=NN(C(=O)CN(CCN3CCOCC3)C(=O)C(C)C)[C@H](c3cc(OC)ccc3OC)C2)cc1. The lowest BCUT2D eigenvalue weighted by atomic mass is 9.97. The van der Waals surface area contributed by atoms with Gasteiger partial charge in [-0.15, -0.1) is 0 Å². The Morgan fingerprint density at radius 1 is 1.00 bits per heavy atom. The molecule has 2 aromatic rings. The Labute approximate surface area is 236 Å². The van der Waals surface area contributed by atoms with Gasteiger partial charge in [0.2, 0.25) is 5.91 Å². The summed E-state index contributed by atoms with van der Waals surface area (Å²) in [6, 6.07) is 12.7. The Hall–Kier alpha value is -3.63. The van der Waals surface area contributed by atoms with Gasteiger partial charge in [-0.2, -0.15) is 5.10 Å². The maximum absolute atomic E-state index is 13.9. The van der Waals surface area contributed by atoms with Crippen molar-refractivity contribution in [3.63, 3.8) is 0 Å². The van der Waals surface area contributed by atoms with Gasteiger partial charge in [0, 0.05) is 44.1 Å². The molecule has 0 radical (unpaired) electrons. The lowest BCUT2D eigenvalue weighted by molar-refractivity contribution is -0.143. The van der Waals surface area contributed by atoms with Gasteiger partial charge in [-0.3, -0.25) is 14.5 Å². The third-order valence-electron chi connectivity index (χ3n) is 7.31. The summed E-state index contributed by atoms with van der Waals surface area (Å²) in [4.78, 5) is 31.0. The summed E-state index contributed by atoms with van der Waals surface area (Å²) >= 11 is 0. The number of methoxy groups -OCH3 is 3. The molecule has 1 fully saturated rings. The average molecular weight is 553 g/mol. The zero-order valence-electron chi connectivity index (χ0n) is 24.1. The van der Waals surface area contributed by atoms with Crippen LogP contribution in [0.2, 0.25) is 0 Å². The molecule has 2 heterocycles. The smallest absolute Gasteiger partial charge is 0.262 e. The summed E-state index contributed by atoms with van der Waals surface area (Å²) in [6.07, 6.45) is 0.480. The Kier molecular flexibility index (Phi) is 10.0. The molecule has 0 N–H and O–H groups in total. The summed E-state index contributed by atoms with van der Waals surface area (Å²) in [5, 5.41) is 6.31. The molecule has 0 aliphatic carbocycles. The van der Waals surface area contributed by atoms with Gasteiger partial charge in [-0.25, -0.2) is 5.01 Å². The summed E-state index contributed by atoms with van der Waals surface area (Å²) in [5.41, 5.74) is 2.45. The summed E-state index contributed by atoms with van der Waals surface area (Å²) in [5.74, 6) is 1.48. The van der Waals surface area contributed by atoms with E-state index in [1.54, 1.807) is 26.2 Å². The van der Waals surface area contributed by atoms with Crippen LogP contribution >= 0.6 is 0 Å². The van der Waals surface area contributed by atoms with Crippen molar-refractivity contribution >= 4 is 17.5 Å². The van der Waals surface area contributed by atoms with Crippen LogP contribution in [-0.4, -0.2) is 99.6 Å². The van der Waals surface area contributed by atoms with Crippen molar-refractivity contribution in [1.82, 2.24) is 14.8 Å². The van der Waals surface area contributed by atoms with Crippen LogP contribution in [0.3, 0.4) is 0 Å². The number of carbonyl (C=O) groups is 2. The van der Waals surface area contributed by atoms with Crippen LogP contribution in [0, 0.1) is 5.92 Å². The first-order valence-electron chi connectivity index (χ1n) is 13.7. The molecule has 40 heavy (non-hydrogen) atoms. The van der Waals surface area contributed by atoms with E-state index in [0.29, 0.717) is 44.2 Å². The Bertz CT molecular complexity index is 1190. The number of morpholine rings is 1. The van der Waals surface area contributed by atoms with Crippen LogP contribution in [0.15, 0.2) is 47.6 Å². The molecule has 10 nitrogen and oxygen atoms in total. The second kappa shape index (κ2) is 13.6. The molecule has 1 saturated heterocycles. The predicted molar refractivity (Wildman–Crippen MR) is 152 cm³/mol. The minimum Gasteiger partial charge on any atom is -0.497 e. The summed E-state index contributed by atoms with van der Waals surface area (Å²) < 4.78 is 21.9. The number of benzene rings is 2. The number of nitrogens with zero attached hydrogens (tertiary/aromatic N) is 4. The molecule has 1 atom stereocenters. The first-order valence-corrected chi connectivity index (χ1v) is 13.7. The number of ether oxygens (including phenoxy) is 4. The van der Waals surface area contributed by atoms with Gasteiger partial charge in [-0.1, -0.05) is 13.8 Å². The largest absolute Gasteiger partial charge is 0.497 e. The fourth-order valence-corrected chi connectivity index (χ4v) is 5.00. The third kappa shape index (κ3) is 6.92. The fourth-order valence-electron chi connectivity index (χ4n) is 5.00. The van der Waals surface area contributed by atoms with Gasteiger partial charge in [0.05, 0.1) is 46.3 Å². The molecule has 4 rings (SSSR count). The number of hydrazone groups is 1. The molecule has 0 bridgehead atoms. The molecule has 10 heteroatoms. The van der Waals surface area contributed by atoms with Gasteiger partial charge >= 0.3 is 0 Å². The molecule has 216 valence electrons. The number of carbonyl (C=O) groups excluding carboxylic acids is 2. The summed E-state index contributed by atoms with van der Waals surface area (Å²) in [7, 11) is 4.83. The highest BCUT2D eigenvalue weighted by Crippen LogP contribution is 2.39. The standard InChI is InChI=1S/C30H40N4O6/c1-21(2)30(36)33(13-12-32-14-16-40-17-15-32)20-29(35)34-27(25-18-24(38-4)10-11-28(25)39-5)19-26(31-34)22-6-8-23(37-3)9-7-22/h6-11,18,21,27H,12-17,19-20H2,1-5H3/t27-/m0/s1. The van der Waals surface area contributed by atoms with E-state index in [2.05, 4.69) is 4.90 Å². The average Bonchev–Trinajstić information content (AvgIpc) is 3.44. The molecular formula is C30H40N4O6. The minimum absolute atomic E-state index is 0.0596. The van der Waals surface area contributed by atoms with E-state index in [1.165, 1.54) is 5.01 Å². The van der Waals surface area contributed by atoms with E-state index in [0.717, 1.165) is 35.7 Å². The van der Waals surface area contributed by atoms with Crippen LogP contribution < -0.4 is 14.2 Å². The van der Waals surface area contributed by atoms with Crippen molar-refractivity contribution in [3.05, 3.63) is 53.6 Å². The van der Waals surface area contributed by atoms with E-state index in [9.17, 15) is 9.59 Å². The fraction of sp³-hybridized carbons (Fsp3) is 0.500. The zero-order valence-corrected chi connectivity index (χ0v) is 24.1. The first-order chi connectivity index (χ1) is 19.3. The molecule has 0 spiro atoms. The van der Waals surface area contributed by atoms with Crippen molar-refractivity contribution in [1.29, 1.82) is 0 Å². The van der Waals surface area contributed by atoms with Gasteiger partial charge in [0.1, 0.15) is 23.8 Å². The molecule has 0 unspecified atom stereocenters. The van der Waals surface area contributed by atoms with Crippen LogP contribution in [-0.2, 0) is 14.3 Å². The third-order valence-corrected chi connectivity index (χ3v) is 7.31. The van der Waals surface area contributed by atoms with Crippen molar-refractivity contribution in [2.24, 2.45) is 11.0 Å². The van der Waals surface area contributed by atoms with Gasteiger partial charge in [0.25, 0.3) is 5.91 Å². The predicted octanol–water partition coefficient (Wildman–Crippen LogP) is 3.21. The molecule has 2 amide bonds. The van der Waals surface area contributed by atoms with Crippen molar-refractivity contribution in [2.45, 2.75) is 26.3 Å². The maximum atomic E-state index is 13.9. The lowest BCUT2D eigenvalue weighted by Crippen LogP contribution is -2.47. The highest BCUT2D eigenvalue weighted by Gasteiger charge is 2.36. The van der Waals surface area contributed by atoms with Crippen molar-refractivity contribution in [2.75, 3.05) is 67.3 Å².